The zero-order chi connectivity index (χ0) is 13.7. The van der Waals surface area contributed by atoms with Crippen LogP contribution in [0.1, 0.15) is 26.7 Å². The van der Waals surface area contributed by atoms with Crippen molar-refractivity contribution >= 4 is 26.7 Å². The van der Waals surface area contributed by atoms with Gasteiger partial charge in [-0.25, -0.2) is 0 Å². The summed E-state index contributed by atoms with van der Waals surface area (Å²) in [6, 6.07) is 12.3. The molecule has 102 valence electrons. The summed E-state index contributed by atoms with van der Waals surface area (Å²) in [5.74, 6) is 0.846. The highest BCUT2D eigenvalue weighted by molar-refractivity contribution is 9.10. The molecule has 1 unspecified atom stereocenters. The predicted molar refractivity (Wildman–Crippen MR) is 82.6 cm³/mol. The van der Waals surface area contributed by atoms with E-state index in [4.69, 9.17) is 9.47 Å². The molecule has 1 atom stereocenters. The van der Waals surface area contributed by atoms with E-state index < -0.39 is 0 Å². The molecule has 0 spiro atoms. The standard InChI is InChI=1S/C16H19BrO2/c1-3-4-9-18-12(2)19-16-8-6-13-10-15(17)7-5-14(13)11-16/h5-8,10-12H,3-4,9H2,1-2H3. The smallest absolute Gasteiger partial charge is 0.196 e. The maximum atomic E-state index is 5.77. The quantitative estimate of drug-likeness (QED) is 0.541. The fourth-order valence-electron chi connectivity index (χ4n) is 1.89. The average molecular weight is 323 g/mol. The number of hydrogen-bond donors (Lipinski definition) is 0. The van der Waals surface area contributed by atoms with Gasteiger partial charge in [-0.2, -0.15) is 0 Å². The minimum atomic E-state index is -0.209. The fraction of sp³-hybridized carbons (Fsp3) is 0.375. The molecule has 0 radical (unpaired) electrons. The van der Waals surface area contributed by atoms with Crippen LogP contribution >= 0.6 is 15.9 Å². The van der Waals surface area contributed by atoms with Gasteiger partial charge >= 0.3 is 0 Å². The van der Waals surface area contributed by atoms with E-state index in [0.717, 1.165) is 29.7 Å². The second-order valence-electron chi connectivity index (χ2n) is 4.56. The number of hydrogen-bond acceptors (Lipinski definition) is 2. The Morgan fingerprint density at radius 3 is 2.63 bits per heavy atom. The van der Waals surface area contributed by atoms with Gasteiger partial charge in [0.05, 0.1) is 6.61 Å². The van der Waals surface area contributed by atoms with E-state index in [9.17, 15) is 0 Å². The van der Waals surface area contributed by atoms with E-state index in [-0.39, 0.29) is 6.29 Å². The molecular weight excluding hydrogens is 304 g/mol. The molecule has 0 bridgehead atoms. The van der Waals surface area contributed by atoms with Crippen LogP contribution in [0.3, 0.4) is 0 Å². The fourth-order valence-corrected chi connectivity index (χ4v) is 2.27. The molecule has 0 amide bonds. The maximum Gasteiger partial charge on any atom is 0.196 e. The molecular formula is C16H19BrO2. The lowest BCUT2D eigenvalue weighted by atomic mass is 10.1. The Balaban J connectivity index is 2.02. The van der Waals surface area contributed by atoms with Gasteiger partial charge in [0.25, 0.3) is 0 Å². The number of benzene rings is 2. The van der Waals surface area contributed by atoms with E-state index in [1.165, 1.54) is 10.8 Å². The molecule has 0 fully saturated rings. The Labute approximate surface area is 122 Å². The summed E-state index contributed by atoms with van der Waals surface area (Å²) in [4.78, 5) is 0. The molecule has 0 aliphatic carbocycles. The number of rotatable bonds is 6. The summed E-state index contributed by atoms with van der Waals surface area (Å²) in [5, 5.41) is 2.36. The average Bonchev–Trinajstić information content (AvgIpc) is 2.39. The minimum absolute atomic E-state index is 0.209. The lowest BCUT2D eigenvalue weighted by Gasteiger charge is -2.15. The van der Waals surface area contributed by atoms with Crippen molar-refractivity contribution in [1.82, 2.24) is 0 Å². The van der Waals surface area contributed by atoms with E-state index in [1.807, 2.05) is 25.1 Å². The third-order valence-electron chi connectivity index (χ3n) is 2.93. The van der Waals surface area contributed by atoms with Crippen molar-refractivity contribution in [2.45, 2.75) is 33.0 Å². The normalized spacial score (nSPS) is 12.6. The van der Waals surface area contributed by atoms with Gasteiger partial charge in [0.2, 0.25) is 0 Å². The van der Waals surface area contributed by atoms with E-state index >= 15 is 0 Å². The van der Waals surface area contributed by atoms with Crippen LogP contribution in [-0.2, 0) is 4.74 Å². The summed E-state index contributed by atoms with van der Waals surface area (Å²) >= 11 is 3.48. The number of fused-ring (bicyclic) bond motifs is 1. The van der Waals surface area contributed by atoms with Crippen LogP contribution in [0, 0.1) is 0 Å². The van der Waals surface area contributed by atoms with Crippen molar-refractivity contribution in [3.63, 3.8) is 0 Å². The van der Waals surface area contributed by atoms with Gasteiger partial charge in [0, 0.05) is 4.47 Å². The first-order valence-corrected chi connectivity index (χ1v) is 7.46. The highest BCUT2D eigenvalue weighted by Crippen LogP contribution is 2.24. The van der Waals surface area contributed by atoms with Crippen LogP contribution in [0.4, 0.5) is 0 Å². The number of unbranched alkanes of at least 4 members (excludes halogenated alkanes) is 1. The molecule has 0 saturated heterocycles. The molecule has 2 aromatic carbocycles. The summed E-state index contributed by atoms with van der Waals surface area (Å²) in [7, 11) is 0. The molecule has 0 N–H and O–H groups in total. The van der Waals surface area contributed by atoms with Crippen molar-refractivity contribution in [2.75, 3.05) is 6.61 Å². The molecule has 2 nitrogen and oxygen atoms in total. The Morgan fingerprint density at radius 1 is 1.11 bits per heavy atom. The van der Waals surface area contributed by atoms with Gasteiger partial charge in [-0.15, -0.1) is 0 Å². The van der Waals surface area contributed by atoms with Crippen LogP contribution in [-0.4, -0.2) is 12.9 Å². The van der Waals surface area contributed by atoms with Crippen LogP contribution in [0.5, 0.6) is 5.75 Å². The lowest BCUT2D eigenvalue weighted by Crippen LogP contribution is -2.16. The highest BCUT2D eigenvalue weighted by atomic mass is 79.9. The first-order valence-electron chi connectivity index (χ1n) is 6.66. The van der Waals surface area contributed by atoms with Gasteiger partial charge in [-0.3, -0.25) is 0 Å². The first-order chi connectivity index (χ1) is 9.19. The van der Waals surface area contributed by atoms with Gasteiger partial charge in [0.1, 0.15) is 5.75 Å². The van der Waals surface area contributed by atoms with Gasteiger partial charge in [-0.1, -0.05) is 41.4 Å². The number of halogens is 1. The molecule has 3 heteroatoms. The van der Waals surface area contributed by atoms with Crippen LogP contribution < -0.4 is 4.74 Å². The largest absolute Gasteiger partial charge is 0.465 e. The van der Waals surface area contributed by atoms with Crippen LogP contribution in [0.25, 0.3) is 10.8 Å². The van der Waals surface area contributed by atoms with Crippen LogP contribution in [0.15, 0.2) is 40.9 Å². The summed E-state index contributed by atoms with van der Waals surface area (Å²) in [6.07, 6.45) is 2.00. The molecule has 2 aromatic rings. The van der Waals surface area contributed by atoms with Crippen LogP contribution in [0.2, 0.25) is 0 Å². The molecule has 0 aliphatic heterocycles. The zero-order valence-electron chi connectivity index (χ0n) is 11.4. The third-order valence-corrected chi connectivity index (χ3v) is 3.42. The van der Waals surface area contributed by atoms with Gasteiger partial charge in [0.15, 0.2) is 6.29 Å². The molecule has 0 saturated carbocycles. The third kappa shape index (κ3) is 4.22. The Bertz CT molecular complexity index is 539. The molecule has 0 aliphatic rings. The van der Waals surface area contributed by atoms with E-state index in [0.29, 0.717) is 0 Å². The van der Waals surface area contributed by atoms with Crippen molar-refractivity contribution in [1.29, 1.82) is 0 Å². The summed E-state index contributed by atoms with van der Waals surface area (Å²) in [6.45, 7) is 4.83. The van der Waals surface area contributed by atoms with Gasteiger partial charge in [-0.05, 0) is 48.4 Å². The van der Waals surface area contributed by atoms with Crippen molar-refractivity contribution in [3.05, 3.63) is 40.9 Å². The minimum Gasteiger partial charge on any atom is -0.465 e. The Morgan fingerprint density at radius 2 is 1.84 bits per heavy atom. The molecule has 2 rings (SSSR count). The monoisotopic (exact) mass is 322 g/mol. The Hall–Kier alpha value is -1.06. The molecule has 0 aromatic heterocycles. The zero-order valence-corrected chi connectivity index (χ0v) is 12.9. The SMILES string of the molecule is CCCCOC(C)Oc1ccc2cc(Br)ccc2c1. The molecule has 19 heavy (non-hydrogen) atoms. The first kappa shape index (κ1) is 14.4. The van der Waals surface area contributed by atoms with Crippen molar-refractivity contribution in [2.24, 2.45) is 0 Å². The summed E-state index contributed by atoms with van der Waals surface area (Å²) < 4.78 is 12.4. The highest BCUT2D eigenvalue weighted by Gasteiger charge is 2.04. The second kappa shape index (κ2) is 6.92. The van der Waals surface area contributed by atoms with Crippen molar-refractivity contribution < 1.29 is 9.47 Å². The van der Waals surface area contributed by atoms with Crippen molar-refractivity contribution in [3.8, 4) is 5.75 Å². The lowest BCUT2D eigenvalue weighted by molar-refractivity contribution is -0.0673. The van der Waals surface area contributed by atoms with Gasteiger partial charge < -0.3 is 9.47 Å². The topological polar surface area (TPSA) is 18.5 Å². The maximum absolute atomic E-state index is 5.77. The van der Waals surface area contributed by atoms with E-state index in [2.05, 4.69) is 41.1 Å². The second-order valence-corrected chi connectivity index (χ2v) is 5.48. The molecule has 0 heterocycles. The summed E-state index contributed by atoms with van der Waals surface area (Å²) in [5.41, 5.74) is 0. The van der Waals surface area contributed by atoms with E-state index in [1.54, 1.807) is 0 Å². The predicted octanol–water partition coefficient (Wildman–Crippen LogP) is 5.14. The number of ether oxygens (including phenoxy) is 2. The Kier molecular flexibility index (Phi) is 5.23.